The second-order valence-corrected chi connectivity index (χ2v) is 6.68. The van der Waals surface area contributed by atoms with Gasteiger partial charge in [-0.2, -0.15) is 0 Å². The molecular weight excluding hydrogens is 404 g/mol. The summed E-state index contributed by atoms with van der Waals surface area (Å²) in [5.41, 5.74) is 1.42. The Morgan fingerprint density at radius 1 is 0.710 bits per heavy atom. The number of rotatable bonds is 7. The van der Waals surface area contributed by atoms with Crippen molar-refractivity contribution in [3.63, 3.8) is 0 Å². The molecule has 158 valence electrons. The summed E-state index contributed by atoms with van der Waals surface area (Å²) in [7, 11) is 0. The van der Waals surface area contributed by atoms with Gasteiger partial charge in [0.2, 0.25) is 11.8 Å². The lowest BCUT2D eigenvalue weighted by molar-refractivity contribution is -0.123. The highest BCUT2D eigenvalue weighted by Crippen LogP contribution is 2.14. The van der Waals surface area contributed by atoms with Gasteiger partial charge in [0.1, 0.15) is 11.6 Å². The van der Waals surface area contributed by atoms with E-state index in [0.717, 1.165) is 0 Å². The SMILES string of the molecule is O=C(Cc1cccc(F)c1)NCC(=O)Nc1cccc(C(=O)Nc2cccc(F)c2)c1. The summed E-state index contributed by atoms with van der Waals surface area (Å²) in [5.74, 6) is -2.30. The molecule has 0 spiro atoms. The van der Waals surface area contributed by atoms with E-state index in [1.165, 1.54) is 42.5 Å². The maximum Gasteiger partial charge on any atom is 0.255 e. The van der Waals surface area contributed by atoms with Gasteiger partial charge in [-0.05, 0) is 54.1 Å². The zero-order valence-electron chi connectivity index (χ0n) is 16.3. The first-order valence-electron chi connectivity index (χ1n) is 9.37. The fraction of sp³-hybridized carbons (Fsp3) is 0.0870. The minimum atomic E-state index is -0.490. The second kappa shape index (κ2) is 10.1. The van der Waals surface area contributed by atoms with Crippen LogP contribution in [-0.2, 0) is 16.0 Å². The van der Waals surface area contributed by atoms with Gasteiger partial charge in [-0.15, -0.1) is 0 Å². The number of amides is 3. The Morgan fingerprint density at radius 2 is 1.35 bits per heavy atom. The summed E-state index contributed by atoms with van der Waals surface area (Å²) in [5, 5.41) is 7.61. The van der Waals surface area contributed by atoms with Gasteiger partial charge in [0, 0.05) is 16.9 Å². The third kappa shape index (κ3) is 6.74. The molecule has 3 rings (SSSR count). The van der Waals surface area contributed by atoms with Crippen LogP contribution in [0.25, 0.3) is 0 Å². The van der Waals surface area contributed by atoms with Gasteiger partial charge in [-0.1, -0.05) is 24.3 Å². The smallest absolute Gasteiger partial charge is 0.255 e. The molecule has 0 aliphatic heterocycles. The van der Waals surface area contributed by atoms with Gasteiger partial charge in [-0.25, -0.2) is 8.78 Å². The topological polar surface area (TPSA) is 87.3 Å². The average Bonchev–Trinajstić information content (AvgIpc) is 2.72. The zero-order valence-corrected chi connectivity index (χ0v) is 16.3. The Kier molecular flexibility index (Phi) is 7.05. The first-order valence-corrected chi connectivity index (χ1v) is 9.37. The minimum absolute atomic E-state index is 0.0548. The molecule has 3 aromatic rings. The molecule has 0 heterocycles. The van der Waals surface area contributed by atoms with Crippen molar-refractivity contribution in [2.24, 2.45) is 0 Å². The predicted octanol–water partition coefficient (Wildman–Crippen LogP) is 3.51. The molecule has 8 heteroatoms. The van der Waals surface area contributed by atoms with Crippen LogP contribution in [0.15, 0.2) is 72.8 Å². The molecule has 0 atom stereocenters. The monoisotopic (exact) mass is 423 g/mol. The van der Waals surface area contributed by atoms with E-state index in [-0.39, 0.29) is 18.5 Å². The Hall–Kier alpha value is -4.07. The first-order chi connectivity index (χ1) is 14.9. The number of halogens is 2. The molecular formula is C23H19F2N3O3. The molecule has 0 radical (unpaired) electrons. The molecule has 3 aromatic carbocycles. The lowest BCUT2D eigenvalue weighted by Crippen LogP contribution is -2.33. The van der Waals surface area contributed by atoms with Crippen LogP contribution in [0.4, 0.5) is 20.2 Å². The third-order valence-corrected chi connectivity index (χ3v) is 4.19. The molecule has 6 nitrogen and oxygen atoms in total. The van der Waals surface area contributed by atoms with E-state index in [2.05, 4.69) is 16.0 Å². The second-order valence-electron chi connectivity index (χ2n) is 6.68. The lowest BCUT2D eigenvalue weighted by Gasteiger charge is -2.09. The summed E-state index contributed by atoms with van der Waals surface area (Å²) in [6.45, 7) is -0.284. The van der Waals surface area contributed by atoms with E-state index in [9.17, 15) is 23.2 Å². The van der Waals surface area contributed by atoms with Crippen LogP contribution in [0.5, 0.6) is 0 Å². The van der Waals surface area contributed by atoms with Crippen LogP contribution in [-0.4, -0.2) is 24.3 Å². The summed E-state index contributed by atoms with van der Waals surface area (Å²) in [4.78, 5) is 36.4. The average molecular weight is 423 g/mol. The predicted molar refractivity (Wildman–Crippen MR) is 113 cm³/mol. The van der Waals surface area contributed by atoms with Crippen LogP contribution in [0, 0.1) is 11.6 Å². The van der Waals surface area contributed by atoms with Gasteiger partial charge in [0.25, 0.3) is 5.91 Å². The number of carbonyl (C=O) groups excluding carboxylic acids is 3. The van der Waals surface area contributed by atoms with Crippen molar-refractivity contribution in [1.29, 1.82) is 0 Å². The Morgan fingerprint density at radius 3 is 2.06 bits per heavy atom. The van der Waals surface area contributed by atoms with E-state index >= 15 is 0 Å². The van der Waals surface area contributed by atoms with Crippen LogP contribution < -0.4 is 16.0 Å². The molecule has 0 aromatic heterocycles. The minimum Gasteiger partial charge on any atom is -0.347 e. The van der Waals surface area contributed by atoms with Gasteiger partial charge < -0.3 is 16.0 Å². The Balaban J connectivity index is 1.52. The molecule has 0 unspecified atom stereocenters. The van der Waals surface area contributed by atoms with Crippen LogP contribution in [0.1, 0.15) is 15.9 Å². The largest absolute Gasteiger partial charge is 0.347 e. The molecule has 0 fully saturated rings. The number of hydrogen-bond donors (Lipinski definition) is 3. The summed E-state index contributed by atoms with van der Waals surface area (Å²) < 4.78 is 26.4. The van der Waals surface area contributed by atoms with E-state index < -0.39 is 29.4 Å². The molecule has 31 heavy (non-hydrogen) atoms. The van der Waals surface area contributed by atoms with Gasteiger partial charge in [0.15, 0.2) is 0 Å². The maximum absolute atomic E-state index is 13.3. The van der Waals surface area contributed by atoms with Crippen molar-refractivity contribution < 1.29 is 23.2 Å². The Bertz CT molecular complexity index is 1120. The van der Waals surface area contributed by atoms with Crippen molar-refractivity contribution >= 4 is 29.1 Å². The molecule has 0 aliphatic carbocycles. The number of carbonyl (C=O) groups is 3. The van der Waals surface area contributed by atoms with Crippen LogP contribution in [0.3, 0.4) is 0 Å². The van der Waals surface area contributed by atoms with Gasteiger partial charge in [0.05, 0.1) is 13.0 Å². The Labute approximate surface area is 177 Å². The van der Waals surface area contributed by atoms with E-state index in [1.807, 2.05) is 0 Å². The molecule has 3 amide bonds. The molecule has 0 saturated heterocycles. The van der Waals surface area contributed by atoms with Crippen LogP contribution >= 0.6 is 0 Å². The van der Waals surface area contributed by atoms with Crippen molar-refractivity contribution in [3.05, 3.63) is 95.6 Å². The molecule has 0 aliphatic rings. The standard InChI is InChI=1S/C23H19F2N3O3/c24-17-6-1-4-15(10-17)11-21(29)26-14-22(30)27-19-8-2-5-16(12-19)23(31)28-20-9-3-7-18(25)13-20/h1-10,12-13H,11,14H2,(H,26,29)(H,27,30)(H,28,31). The van der Waals surface area contributed by atoms with E-state index in [4.69, 9.17) is 0 Å². The van der Waals surface area contributed by atoms with E-state index in [1.54, 1.807) is 30.3 Å². The normalized spacial score (nSPS) is 10.3. The molecule has 0 bridgehead atoms. The number of anilines is 2. The van der Waals surface area contributed by atoms with Crippen molar-refractivity contribution in [1.82, 2.24) is 5.32 Å². The molecule has 0 saturated carbocycles. The highest BCUT2D eigenvalue weighted by atomic mass is 19.1. The van der Waals surface area contributed by atoms with Gasteiger partial charge >= 0.3 is 0 Å². The van der Waals surface area contributed by atoms with Crippen LogP contribution in [0.2, 0.25) is 0 Å². The first kappa shape index (κ1) is 21.6. The number of hydrogen-bond acceptors (Lipinski definition) is 3. The van der Waals surface area contributed by atoms with Gasteiger partial charge in [-0.3, -0.25) is 14.4 Å². The summed E-state index contributed by atoms with van der Waals surface area (Å²) in [6.07, 6.45) is -0.0548. The summed E-state index contributed by atoms with van der Waals surface area (Å²) in [6, 6.07) is 17.3. The summed E-state index contributed by atoms with van der Waals surface area (Å²) >= 11 is 0. The van der Waals surface area contributed by atoms with Crippen molar-refractivity contribution in [2.75, 3.05) is 17.2 Å². The lowest BCUT2D eigenvalue weighted by atomic mass is 10.1. The molecule has 3 N–H and O–H groups in total. The maximum atomic E-state index is 13.3. The fourth-order valence-corrected chi connectivity index (χ4v) is 2.79. The number of nitrogens with one attached hydrogen (secondary N) is 3. The highest BCUT2D eigenvalue weighted by Gasteiger charge is 2.10. The zero-order chi connectivity index (χ0) is 22.2. The quantitative estimate of drug-likeness (QED) is 0.544. The fourth-order valence-electron chi connectivity index (χ4n) is 2.79. The highest BCUT2D eigenvalue weighted by molar-refractivity contribution is 6.05. The number of benzene rings is 3. The third-order valence-electron chi connectivity index (χ3n) is 4.19. The van der Waals surface area contributed by atoms with Crippen molar-refractivity contribution in [2.45, 2.75) is 6.42 Å². The van der Waals surface area contributed by atoms with Crippen molar-refractivity contribution in [3.8, 4) is 0 Å². The van der Waals surface area contributed by atoms with E-state index in [0.29, 0.717) is 16.9 Å².